The summed E-state index contributed by atoms with van der Waals surface area (Å²) in [6.45, 7) is 16.3. The number of Topliss-reactive ketones (excluding diaryl/α,β-unsaturated/α-hetero) is 1. The molecule has 2 N–H and O–H groups in total. The molecule has 3 fully saturated rings. The van der Waals surface area contributed by atoms with Crippen LogP contribution in [0.2, 0.25) is 0 Å². The molecular formula is C37H60N2O10. The zero-order valence-corrected chi connectivity index (χ0v) is 31.3. The predicted molar refractivity (Wildman–Crippen MR) is 182 cm³/mol. The van der Waals surface area contributed by atoms with Gasteiger partial charge in [-0.1, -0.05) is 34.6 Å². The number of ketones is 1. The normalized spacial score (nSPS) is 42.4. The highest BCUT2D eigenvalue weighted by Gasteiger charge is 2.55. The van der Waals surface area contributed by atoms with E-state index in [-0.39, 0.29) is 36.7 Å². The SMILES string of the molecule is C#CCCN(C)[C@H]1C[C@@H](C)O[C@@H](O[C@@H]2[C@@H](C)[C@H](O)[C@@H](C)C(=O)O[C@H](CC)[C@@]3(C)CC(=O)N[C@@H]3[C@@H](C)C(=O)[C@H](C)C[C@@]2(C)OC)[C@@H]1OC(C)=O. The molecule has 0 spiro atoms. The van der Waals surface area contributed by atoms with E-state index in [0.717, 1.165) is 0 Å². The molecule has 0 bridgehead atoms. The van der Waals surface area contributed by atoms with Gasteiger partial charge in [0, 0.05) is 62.6 Å². The summed E-state index contributed by atoms with van der Waals surface area (Å²) in [4.78, 5) is 55.2. The van der Waals surface area contributed by atoms with Gasteiger partial charge in [-0.3, -0.25) is 24.1 Å². The molecule has 0 aromatic rings. The number of hydrogen-bond acceptors (Lipinski definition) is 11. The number of terminal acetylenes is 1. The lowest BCUT2D eigenvalue weighted by atomic mass is 9.68. The summed E-state index contributed by atoms with van der Waals surface area (Å²) < 4.78 is 31.3. The average Bonchev–Trinajstić information content (AvgIpc) is 3.37. The van der Waals surface area contributed by atoms with E-state index in [4.69, 9.17) is 30.1 Å². The number of carbonyl (C=O) groups excluding carboxylic acids is 4. The predicted octanol–water partition coefficient (Wildman–Crippen LogP) is 3.26. The van der Waals surface area contributed by atoms with Gasteiger partial charge in [-0.05, 0) is 47.1 Å². The molecule has 49 heavy (non-hydrogen) atoms. The fourth-order valence-electron chi connectivity index (χ4n) is 8.46. The largest absolute Gasteiger partial charge is 0.461 e. The number of nitrogens with zero attached hydrogens (tertiary/aromatic N) is 1. The van der Waals surface area contributed by atoms with Gasteiger partial charge in [-0.2, -0.15) is 0 Å². The van der Waals surface area contributed by atoms with E-state index in [1.165, 1.54) is 14.0 Å². The molecule has 0 radical (unpaired) electrons. The number of rotatable bonds is 8. The minimum absolute atomic E-state index is 0.0872. The molecule has 3 heterocycles. The number of carbonyl (C=O) groups is 4. The first-order valence-electron chi connectivity index (χ1n) is 17.7. The Labute approximate surface area is 292 Å². The number of esters is 2. The molecule has 278 valence electrons. The van der Waals surface area contributed by atoms with Crippen molar-refractivity contribution in [3.8, 4) is 12.3 Å². The van der Waals surface area contributed by atoms with Crippen LogP contribution < -0.4 is 5.32 Å². The average molecular weight is 693 g/mol. The van der Waals surface area contributed by atoms with Gasteiger partial charge in [0.05, 0.1) is 35.9 Å². The van der Waals surface area contributed by atoms with Crippen molar-refractivity contribution in [2.75, 3.05) is 20.7 Å². The lowest BCUT2D eigenvalue weighted by molar-refractivity contribution is -0.304. The van der Waals surface area contributed by atoms with Gasteiger partial charge < -0.3 is 34.1 Å². The maximum atomic E-state index is 14.2. The second-order valence-corrected chi connectivity index (χ2v) is 15.2. The number of hydrogen-bond donors (Lipinski definition) is 2. The van der Waals surface area contributed by atoms with Gasteiger partial charge in [-0.25, -0.2) is 0 Å². The second kappa shape index (κ2) is 16.6. The quantitative estimate of drug-likeness (QED) is 0.285. The molecule has 3 aliphatic rings. The first-order chi connectivity index (χ1) is 22.8. The minimum atomic E-state index is -1.27. The van der Waals surface area contributed by atoms with Crippen molar-refractivity contribution in [3.63, 3.8) is 0 Å². The van der Waals surface area contributed by atoms with Crippen LogP contribution in [-0.2, 0) is 42.9 Å². The van der Waals surface area contributed by atoms with Crippen molar-refractivity contribution in [2.24, 2.45) is 29.1 Å². The lowest BCUT2D eigenvalue weighted by Gasteiger charge is -2.49. The maximum Gasteiger partial charge on any atom is 0.311 e. The van der Waals surface area contributed by atoms with Crippen molar-refractivity contribution in [2.45, 2.75) is 149 Å². The summed E-state index contributed by atoms with van der Waals surface area (Å²) in [7, 11) is 3.42. The van der Waals surface area contributed by atoms with Gasteiger partial charge in [-0.15, -0.1) is 12.3 Å². The van der Waals surface area contributed by atoms with Crippen LogP contribution in [0.15, 0.2) is 0 Å². The number of methoxy groups -OCH3 is 1. The van der Waals surface area contributed by atoms with Gasteiger partial charge >= 0.3 is 11.9 Å². The van der Waals surface area contributed by atoms with Gasteiger partial charge in [0.2, 0.25) is 5.91 Å². The highest BCUT2D eigenvalue weighted by molar-refractivity contribution is 5.87. The molecule has 1 amide bonds. The Balaban J connectivity index is 2.12. The number of likely N-dealkylation sites (N-methyl/N-ethyl adjacent to an activating group) is 1. The summed E-state index contributed by atoms with van der Waals surface area (Å²) in [6.07, 6.45) is 2.17. The standard InChI is InChI=1S/C37H60N2O10/c1-13-15-16-39(11)26-17-21(4)46-35(31(26)47-25(8)40)49-33-23(6)30(43)24(7)34(44)48-27(14-2)36(9)19-28(41)38-32(36)22(5)29(42)20(3)18-37(33,10)45-12/h1,20-24,26-27,30-33,35,43H,14-19H2,2-12H3,(H,38,41)/t20-,21-,22+,23+,24-,26+,27-,30+,31-,32-,33-,35+,36-,37-/m1/s1. The number of aliphatic hydroxyl groups is 1. The Hall–Kier alpha value is -2.56. The van der Waals surface area contributed by atoms with Crippen LogP contribution in [0.3, 0.4) is 0 Å². The van der Waals surface area contributed by atoms with E-state index in [2.05, 4.69) is 11.2 Å². The first-order valence-corrected chi connectivity index (χ1v) is 17.7. The van der Waals surface area contributed by atoms with E-state index in [1.54, 1.807) is 20.8 Å². The maximum absolute atomic E-state index is 14.2. The number of aliphatic hydroxyl groups excluding tert-OH is 1. The summed E-state index contributed by atoms with van der Waals surface area (Å²) in [5, 5.41) is 14.8. The van der Waals surface area contributed by atoms with Crippen LogP contribution in [-0.4, -0.2) is 109 Å². The van der Waals surface area contributed by atoms with Crippen molar-refractivity contribution in [3.05, 3.63) is 0 Å². The summed E-state index contributed by atoms with van der Waals surface area (Å²) in [6, 6.07) is -0.864. The smallest absolute Gasteiger partial charge is 0.311 e. The third-order valence-corrected chi connectivity index (χ3v) is 11.4. The van der Waals surface area contributed by atoms with E-state index in [0.29, 0.717) is 25.8 Å². The highest BCUT2D eigenvalue weighted by Crippen LogP contribution is 2.44. The lowest BCUT2D eigenvalue weighted by Crippen LogP contribution is -2.61. The summed E-state index contributed by atoms with van der Waals surface area (Å²) in [5.41, 5.74) is -2.04. The second-order valence-electron chi connectivity index (χ2n) is 15.2. The van der Waals surface area contributed by atoms with E-state index < -0.39 is 83.4 Å². The molecule has 3 saturated heterocycles. The number of cyclic esters (lactones) is 1. The minimum Gasteiger partial charge on any atom is -0.461 e. The van der Waals surface area contributed by atoms with E-state index >= 15 is 0 Å². The van der Waals surface area contributed by atoms with Crippen LogP contribution in [0.1, 0.15) is 94.4 Å². The molecule has 0 aliphatic carbocycles. The van der Waals surface area contributed by atoms with Crippen molar-refractivity contribution < 1.29 is 48.0 Å². The van der Waals surface area contributed by atoms with Gasteiger partial charge in [0.1, 0.15) is 11.9 Å². The number of ether oxygens (including phenoxy) is 5. The molecule has 0 unspecified atom stereocenters. The summed E-state index contributed by atoms with van der Waals surface area (Å²) >= 11 is 0. The van der Waals surface area contributed by atoms with Crippen LogP contribution in [0.25, 0.3) is 0 Å². The Bertz CT molecular complexity index is 1240. The number of fused-ring (bicyclic) bond motifs is 1. The third kappa shape index (κ3) is 8.85. The Morgan fingerprint density at radius 3 is 2.37 bits per heavy atom. The molecule has 0 aromatic heterocycles. The first kappa shape index (κ1) is 40.9. The highest BCUT2D eigenvalue weighted by atomic mass is 16.7. The van der Waals surface area contributed by atoms with E-state index in [1.807, 2.05) is 46.6 Å². The molecule has 3 rings (SSSR count). The third-order valence-electron chi connectivity index (χ3n) is 11.4. The Kier molecular flexibility index (Phi) is 13.9. The van der Waals surface area contributed by atoms with Crippen LogP contribution >= 0.6 is 0 Å². The Morgan fingerprint density at radius 1 is 1.14 bits per heavy atom. The zero-order chi connectivity index (χ0) is 37.0. The monoisotopic (exact) mass is 692 g/mol. The molecule has 14 atom stereocenters. The zero-order valence-electron chi connectivity index (χ0n) is 31.3. The topological polar surface area (TPSA) is 150 Å². The molecular weight excluding hydrogens is 632 g/mol. The number of nitrogens with one attached hydrogen (secondary N) is 1. The fraction of sp³-hybridized carbons (Fsp3) is 0.838. The van der Waals surface area contributed by atoms with E-state index in [9.17, 15) is 24.3 Å². The molecule has 3 aliphatic heterocycles. The number of amides is 1. The molecule has 12 nitrogen and oxygen atoms in total. The van der Waals surface area contributed by atoms with Crippen LogP contribution in [0.4, 0.5) is 0 Å². The molecule has 12 heteroatoms. The molecule has 0 aromatic carbocycles. The van der Waals surface area contributed by atoms with Crippen molar-refractivity contribution >= 4 is 23.6 Å². The van der Waals surface area contributed by atoms with Crippen molar-refractivity contribution in [1.29, 1.82) is 0 Å². The summed E-state index contributed by atoms with van der Waals surface area (Å²) in [5.74, 6) is -1.68. The Morgan fingerprint density at radius 2 is 1.80 bits per heavy atom. The van der Waals surface area contributed by atoms with Crippen molar-refractivity contribution in [1.82, 2.24) is 10.2 Å². The van der Waals surface area contributed by atoms with Crippen LogP contribution in [0, 0.1) is 41.4 Å². The van der Waals surface area contributed by atoms with Crippen LogP contribution in [0.5, 0.6) is 0 Å². The molecule has 0 saturated carbocycles. The van der Waals surface area contributed by atoms with Gasteiger partial charge in [0.25, 0.3) is 0 Å². The van der Waals surface area contributed by atoms with Gasteiger partial charge in [0.15, 0.2) is 12.4 Å². The fourth-order valence-corrected chi connectivity index (χ4v) is 8.46.